The van der Waals surface area contributed by atoms with Crippen molar-refractivity contribution >= 4 is 17.6 Å². The Kier molecular flexibility index (Phi) is 8.35. The van der Waals surface area contributed by atoms with E-state index in [2.05, 4.69) is 32.6 Å². The number of nitrogens with two attached hydrogens (primary N) is 1. The van der Waals surface area contributed by atoms with Gasteiger partial charge in [-0.1, -0.05) is 58.7 Å². The monoisotopic (exact) mass is 563 g/mol. The highest BCUT2D eigenvalue weighted by atomic mass is 16.7. The van der Waals surface area contributed by atoms with Crippen LogP contribution < -0.4 is 20.1 Å². The van der Waals surface area contributed by atoms with Crippen LogP contribution in [0.4, 0.5) is 5.69 Å². The van der Waals surface area contributed by atoms with E-state index in [4.69, 9.17) is 15.2 Å². The van der Waals surface area contributed by atoms with Gasteiger partial charge in [-0.2, -0.15) is 0 Å². The van der Waals surface area contributed by atoms with Gasteiger partial charge in [0, 0.05) is 36.8 Å². The number of aliphatic carboxylic acids is 1. The molecular weight excluding hydrogens is 518 g/mol. The van der Waals surface area contributed by atoms with E-state index < -0.39 is 17.4 Å². The first-order valence-corrected chi connectivity index (χ1v) is 15.1. The number of amides is 1. The zero-order chi connectivity index (χ0) is 29.4. The summed E-state index contributed by atoms with van der Waals surface area (Å²) in [5.41, 5.74) is 8.06. The number of carbonyl (C=O) groups is 2. The molecule has 0 radical (unpaired) electrons. The fourth-order valence-electron chi connectivity index (χ4n) is 7.64. The zero-order valence-corrected chi connectivity index (χ0v) is 24.9. The molecule has 1 saturated heterocycles. The number of hydrogen-bond donors (Lipinski definition) is 2. The molecule has 8 nitrogen and oxygen atoms in total. The maximum absolute atomic E-state index is 14.1. The number of benzene rings is 2. The smallest absolute Gasteiger partial charge is 0.309 e. The van der Waals surface area contributed by atoms with Gasteiger partial charge in [-0.3, -0.25) is 14.5 Å². The Morgan fingerprint density at radius 2 is 1.90 bits per heavy atom. The van der Waals surface area contributed by atoms with Crippen LogP contribution in [0.1, 0.15) is 76.8 Å². The summed E-state index contributed by atoms with van der Waals surface area (Å²) in [6, 6.07) is 13.6. The van der Waals surface area contributed by atoms with E-state index in [1.807, 2.05) is 47.4 Å². The van der Waals surface area contributed by atoms with Crippen LogP contribution in [0, 0.1) is 17.3 Å². The van der Waals surface area contributed by atoms with Crippen molar-refractivity contribution in [1.29, 1.82) is 0 Å². The molecule has 8 heteroatoms. The van der Waals surface area contributed by atoms with Gasteiger partial charge in [0.2, 0.25) is 12.7 Å². The van der Waals surface area contributed by atoms with Crippen LogP contribution in [0.15, 0.2) is 42.5 Å². The Bertz CT molecular complexity index is 1280. The zero-order valence-electron chi connectivity index (χ0n) is 24.9. The van der Waals surface area contributed by atoms with E-state index in [1.54, 1.807) is 0 Å². The van der Waals surface area contributed by atoms with Crippen LogP contribution in [0.3, 0.4) is 0 Å². The normalized spacial score (nSPS) is 25.0. The number of unbranched alkanes of at least 4 members (excludes halogenated alkanes) is 1. The average Bonchev–Trinajstić information content (AvgIpc) is 3.38. The molecule has 3 aliphatic rings. The first-order valence-electron chi connectivity index (χ1n) is 15.1. The number of hydrogen-bond acceptors (Lipinski definition) is 6. The third-order valence-electron chi connectivity index (χ3n) is 9.67. The minimum Gasteiger partial charge on any atom is -0.481 e. The van der Waals surface area contributed by atoms with Crippen LogP contribution in [-0.2, 0) is 16.1 Å². The summed E-state index contributed by atoms with van der Waals surface area (Å²) in [4.78, 5) is 31.3. The van der Waals surface area contributed by atoms with E-state index in [-0.39, 0.29) is 36.5 Å². The molecule has 2 fully saturated rings. The summed E-state index contributed by atoms with van der Waals surface area (Å²) in [5.74, 6) is -0.160. The molecule has 1 spiro atoms. The highest BCUT2D eigenvalue weighted by Crippen LogP contribution is 2.68. The predicted molar refractivity (Wildman–Crippen MR) is 159 cm³/mol. The van der Waals surface area contributed by atoms with Crippen molar-refractivity contribution in [2.45, 2.75) is 77.8 Å². The SMILES string of the molecule is CCCCN(C(=O)CN1C[C@H](c2ccc3c(c2)OCO3)[C@@H](C(=O)O)C12C[C@H]2C(C)(C)CCC)c1cccc(CN)c1. The van der Waals surface area contributed by atoms with Crippen molar-refractivity contribution in [3.8, 4) is 11.5 Å². The van der Waals surface area contributed by atoms with Gasteiger partial charge in [-0.15, -0.1) is 0 Å². The molecule has 1 amide bonds. The predicted octanol–water partition coefficient (Wildman–Crippen LogP) is 5.39. The van der Waals surface area contributed by atoms with Crippen molar-refractivity contribution in [3.63, 3.8) is 0 Å². The largest absolute Gasteiger partial charge is 0.481 e. The van der Waals surface area contributed by atoms with Gasteiger partial charge in [-0.25, -0.2) is 0 Å². The molecule has 4 atom stereocenters. The fraction of sp³-hybridized carbons (Fsp3) is 0.576. The highest BCUT2D eigenvalue weighted by molar-refractivity contribution is 5.95. The number of ether oxygens (including phenoxy) is 2. The van der Waals surface area contributed by atoms with Gasteiger partial charge >= 0.3 is 5.97 Å². The lowest BCUT2D eigenvalue weighted by Gasteiger charge is -2.35. The number of anilines is 1. The molecule has 41 heavy (non-hydrogen) atoms. The van der Waals surface area contributed by atoms with Gasteiger partial charge < -0.3 is 25.2 Å². The quantitative estimate of drug-likeness (QED) is 0.357. The Morgan fingerprint density at radius 1 is 1.12 bits per heavy atom. The third kappa shape index (κ3) is 5.44. The van der Waals surface area contributed by atoms with E-state index >= 15 is 0 Å². The number of carboxylic acids is 1. The van der Waals surface area contributed by atoms with Gasteiger partial charge in [0.05, 0.1) is 12.5 Å². The lowest BCUT2D eigenvalue weighted by Crippen LogP contribution is -2.48. The molecule has 1 unspecified atom stereocenters. The van der Waals surface area contributed by atoms with Crippen LogP contribution in [0.25, 0.3) is 0 Å². The molecule has 2 aromatic rings. The van der Waals surface area contributed by atoms with Gasteiger partial charge in [-0.05, 0) is 66.0 Å². The molecule has 1 saturated carbocycles. The molecule has 3 N–H and O–H groups in total. The lowest BCUT2D eigenvalue weighted by molar-refractivity contribution is -0.144. The molecule has 5 rings (SSSR count). The van der Waals surface area contributed by atoms with E-state index in [1.165, 1.54) is 0 Å². The maximum Gasteiger partial charge on any atom is 0.309 e. The number of carboxylic acid groups (broad SMARTS) is 1. The van der Waals surface area contributed by atoms with Crippen LogP contribution in [0.5, 0.6) is 11.5 Å². The number of likely N-dealkylation sites (tertiary alicyclic amines) is 1. The fourth-order valence-corrected chi connectivity index (χ4v) is 7.64. The molecule has 0 bridgehead atoms. The number of carbonyl (C=O) groups excluding carboxylic acids is 1. The van der Waals surface area contributed by atoms with Gasteiger partial charge in [0.25, 0.3) is 0 Å². The van der Waals surface area contributed by atoms with Crippen molar-refractivity contribution in [2.75, 3.05) is 31.3 Å². The number of rotatable bonds is 12. The summed E-state index contributed by atoms with van der Waals surface area (Å²) in [6.07, 6.45) is 4.67. The molecule has 0 aromatic heterocycles. The molecule has 222 valence electrons. The van der Waals surface area contributed by atoms with Crippen LogP contribution in [-0.4, -0.2) is 53.8 Å². The van der Waals surface area contributed by atoms with Gasteiger partial charge in [0.1, 0.15) is 0 Å². The summed E-state index contributed by atoms with van der Waals surface area (Å²) >= 11 is 0. The second-order valence-corrected chi connectivity index (χ2v) is 12.7. The number of nitrogens with zero attached hydrogens (tertiary/aromatic N) is 2. The summed E-state index contributed by atoms with van der Waals surface area (Å²) < 4.78 is 11.2. The van der Waals surface area contributed by atoms with Gasteiger partial charge in [0.15, 0.2) is 11.5 Å². The topological polar surface area (TPSA) is 105 Å². The van der Waals surface area contributed by atoms with Crippen LogP contribution in [0.2, 0.25) is 0 Å². The Balaban J connectivity index is 1.50. The first kappa shape index (κ1) is 29.4. The molecular formula is C33H45N3O5. The van der Waals surface area contributed by atoms with E-state index in [0.717, 1.165) is 48.9 Å². The second kappa shape index (κ2) is 11.6. The highest BCUT2D eigenvalue weighted by Gasteiger charge is 2.73. The Morgan fingerprint density at radius 3 is 2.61 bits per heavy atom. The Labute approximate surface area is 243 Å². The second-order valence-electron chi connectivity index (χ2n) is 12.7. The number of fused-ring (bicyclic) bond motifs is 1. The average molecular weight is 564 g/mol. The summed E-state index contributed by atoms with van der Waals surface area (Å²) in [5, 5.41) is 10.8. The van der Waals surface area contributed by atoms with Crippen molar-refractivity contribution in [2.24, 2.45) is 23.0 Å². The van der Waals surface area contributed by atoms with E-state index in [9.17, 15) is 14.7 Å². The maximum atomic E-state index is 14.1. The molecule has 1 aliphatic carbocycles. The minimum atomic E-state index is -0.795. The molecule has 2 aromatic carbocycles. The molecule has 2 heterocycles. The van der Waals surface area contributed by atoms with Crippen molar-refractivity contribution in [3.05, 3.63) is 53.6 Å². The first-order chi connectivity index (χ1) is 19.7. The van der Waals surface area contributed by atoms with Crippen molar-refractivity contribution < 1.29 is 24.2 Å². The standard InChI is InChI=1S/C33H45N3O5/c1-5-7-14-36(24-10-8-9-22(15-24)18-34)29(37)20-35-19-25(23-11-12-26-27(16-23)41-21-40-26)30(31(38)39)33(35)17-28(33)32(3,4)13-6-2/h8-12,15-16,25,28,30H,5-7,13-14,17-21,34H2,1-4H3,(H,38,39)/t25-,28+,30+,33?/m1/s1. The lowest BCUT2D eigenvalue weighted by atomic mass is 9.76. The Hall–Kier alpha value is -3.10. The van der Waals surface area contributed by atoms with Crippen molar-refractivity contribution in [1.82, 2.24) is 4.90 Å². The summed E-state index contributed by atoms with van der Waals surface area (Å²) in [6.45, 7) is 10.7. The summed E-state index contributed by atoms with van der Waals surface area (Å²) in [7, 11) is 0. The molecule has 2 aliphatic heterocycles. The third-order valence-corrected chi connectivity index (χ3v) is 9.67. The van der Waals surface area contributed by atoms with E-state index in [0.29, 0.717) is 31.1 Å². The minimum absolute atomic E-state index is 0.00131. The van der Waals surface area contributed by atoms with Crippen LogP contribution >= 0.6 is 0 Å².